The van der Waals surface area contributed by atoms with E-state index in [1.165, 1.54) is 0 Å². The van der Waals surface area contributed by atoms with E-state index in [0.29, 0.717) is 17.8 Å². The summed E-state index contributed by atoms with van der Waals surface area (Å²) in [6, 6.07) is 25.1. The molecule has 0 atom stereocenters. The van der Waals surface area contributed by atoms with E-state index in [2.05, 4.69) is 58.7 Å². The van der Waals surface area contributed by atoms with Crippen LogP contribution in [0.3, 0.4) is 0 Å². The molecule has 0 radical (unpaired) electrons. The highest BCUT2D eigenvalue weighted by molar-refractivity contribution is 14.1. The van der Waals surface area contributed by atoms with Crippen LogP contribution in [-0.2, 0) is 0 Å². The Kier molecular flexibility index (Phi) is 7.08. The second-order valence-electron chi connectivity index (χ2n) is 6.54. The number of hydrogen-bond donors (Lipinski definition) is 3. The van der Waals surface area contributed by atoms with Gasteiger partial charge in [-0.15, -0.1) is 0 Å². The maximum atomic E-state index is 5.21. The lowest BCUT2D eigenvalue weighted by Crippen LogP contribution is -2.07. The van der Waals surface area contributed by atoms with Crippen molar-refractivity contribution in [3.05, 3.63) is 88.0 Å². The number of hydrazone groups is 1. The monoisotopic (exact) mass is 537 g/mol. The molecule has 4 rings (SSSR count). The number of nitrogens with zero attached hydrogens (tertiary/aromatic N) is 4. The van der Waals surface area contributed by atoms with Crippen molar-refractivity contribution in [2.45, 2.75) is 0 Å². The van der Waals surface area contributed by atoms with Crippen molar-refractivity contribution in [2.75, 3.05) is 23.2 Å². The summed E-state index contributed by atoms with van der Waals surface area (Å²) in [6.07, 6.45) is 1.73. The van der Waals surface area contributed by atoms with E-state index in [4.69, 9.17) is 4.74 Å². The van der Waals surface area contributed by atoms with Crippen LogP contribution < -0.4 is 20.8 Å². The molecular formula is C23H20IN7O. The Labute approximate surface area is 199 Å². The highest BCUT2D eigenvalue weighted by Crippen LogP contribution is 2.20. The van der Waals surface area contributed by atoms with E-state index in [1.54, 1.807) is 13.3 Å². The number of methoxy groups -OCH3 is 1. The number of para-hydroxylation sites is 1. The molecule has 0 aliphatic heterocycles. The van der Waals surface area contributed by atoms with Gasteiger partial charge < -0.3 is 15.4 Å². The first-order valence-corrected chi connectivity index (χ1v) is 10.8. The molecule has 4 aromatic rings. The van der Waals surface area contributed by atoms with Crippen LogP contribution in [0.5, 0.6) is 5.75 Å². The van der Waals surface area contributed by atoms with Gasteiger partial charge in [0.15, 0.2) is 0 Å². The Morgan fingerprint density at radius 3 is 2.00 bits per heavy atom. The highest BCUT2D eigenvalue weighted by Gasteiger charge is 2.08. The van der Waals surface area contributed by atoms with Crippen LogP contribution in [0.25, 0.3) is 0 Å². The van der Waals surface area contributed by atoms with Gasteiger partial charge in [-0.2, -0.15) is 20.1 Å². The smallest absolute Gasteiger partial charge is 0.250 e. The molecule has 0 saturated carbocycles. The van der Waals surface area contributed by atoms with Crippen LogP contribution in [0.15, 0.2) is 84.0 Å². The summed E-state index contributed by atoms with van der Waals surface area (Å²) in [6.45, 7) is 0. The Hall–Kier alpha value is -3.73. The van der Waals surface area contributed by atoms with Gasteiger partial charge in [0, 0.05) is 20.5 Å². The largest absolute Gasteiger partial charge is 0.497 e. The third kappa shape index (κ3) is 5.91. The number of nitrogens with one attached hydrogen (secondary N) is 3. The van der Waals surface area contributed by atoms with Crippen LogP contribution in [-0.4, -0.2) is 28.3 Å². The van der Waals surface area contributed by atoms with Crippen LogP contribution in [0.2, 0.25) is 0 Å². The zero-order valence-electron chi connectivity index (χ0n) is 17.2. The highest BCUT2D eigenvalue weighted by atomic mass is 127. The summed E-state index contributed by atoms with van der Waals surface area (Å²) in [5, 5.41) is 10.7. The third-order valence-electron chi connectivity index (χ3n) is 4.28. The first kappa shape index (κ1) is 21.5. The van der Waals surface area contributed by atoms with Crippen molar-refractivity contribution >= 4 is 58.0 Å². The molecule has 0 aliphatic rings. The topological polar surface area (TPSA) is 96.4 Å². The SMILES string of the molecule is COc1ccc(Nc2nc(N/N=C/c3ccccc3I)nc(Nc3ccccc3)n2)cc1. The fourth-order valence-electron chi connectivity index (χ4n) is 2.73. The fourth-order valence-corrected chi connectivity index (χ4v) is 3.26. The molecular weight excluding hydrogens is 517 g/mol. The van der Waals surface area contributed by atoms with Crippen molar-refractivity contribution in [1.29, 1.82) is 0 Å². The molecule has 0 unspecified atom stereocenters. The minimum atomic E-state index is 0.302. The molecule has 32 heavy (non-hydrogen) atoms. The van der Waals surface area contributed by atoms with Gasteiger partial charge in [-0.1, -0.05) is 36.4 Å². The molecule has 160 valence electrons. The molecule has 9 heteroatoms. The number of hydrogen-bond acceptors (Lipinski definition) is 8. The fraction of sp³-hybridized carbons (Fsp3) is 0.0435. The molecule has 3 N–H and O–H groups in total. The van der Waals surface area contributed by atoms with E-state index in [1.807, 2.05) is 78.9 Å². The molecule has 0 amide bonds. The Morgan fingerprint density at radius 1 is 0.750 bits per heavy atom. The van der Waals surface area contributed by atoms with E-state index >= 15 is 0 Å². The molecule has 1 aromatic heterocycles. The van der Waals surface area contributed by atoms with Crippen molar-refractivity contribution in [2.24, 2.45) is 5.10 Å². The van der Waals surface area contributed by atoms with Gasteiger partial charge in [0.25, 0.3) is 0 Å². The zero-order valence-corrected chi connectivity index (χ0v) is 19.3. The van der Waals surface area contributed by atoms with E-state index in [0.717, 1.165) is 26.3 Å². The van der Waals surface area contributed by atoms with Crippen molar-refractivity contribution in [3.63, 3.8) is 0 Å². The lowest BCUT2D eigenvalue weighted by Gasteiger charge is -2.10. The average molecular weight is 537 g/mol. The van der Waals surface area contributed by atoms with Crippen molar-refractivity contribution < 1.29 is 4.74 Å². The third-order valence-corrected chi connectivity index (χ3v) is 5.27. The molecule has 3 aromatic carbocycles. The van der Waals surface area contributed by atoms with Crippen molar-refractivity contribution in [3.8, 4) is 5.75 Å². The summed E-state index contributed by atoms with van der Waals surface area (Å²) >= 11 is 2.27. The standard InChI is InChI=1S/C23H20IN7O/c1-32-19-13-11-18(12-14-19)27-22-28-21(26-17-8-3-2-4-9-17)29-23(30-22)31-25-15-16-7-5-6-10-20(16)24/h2-15H,1H3,(H3,26,27,28,29,30,31)/b25-15+. The van der Waals surface area contributed by atoms with Gasteiger partial charge in [-0.3, -0.25) is 0 Å². The number of benzene rings is 3. The normalized spacial score (nSPS) is 10.7. The van der Waals surface area contributed by atoms with E-state index in [-0.39, 0.29) is 0 Å². The van der Waals surface area contributed by atoms with Gasteiger partial charge in [0.1, 0.15) is 5.75 Å². The zero-order chi connectivity index (χ0) is 22.2. The first-order valence-electron chi connectivity index (χ1n) is 9.72. The molecule has 0 aliphatic carbocycles. The minimum Gasteiger partial charge on any atom is -0.497 e. The van der Waals surface area contributed by atoms with Gasteiger partial charge in [0.2, 0.25) is 17.8 Å². The average Bonchev–Trinajstić information content (AvgIpc) is 2.81. The lowest BCUT2D eigenvalue weighted by molar-refractivity contribution is 0.415. The molecule has 8 nitrogen and oxygen atoms in total. The van der Waals surface area contributed by atoms with Crippen LogP contribution in [0, 0.1) is 3.57 Å². The van der Waals surface area contributed by atoms with Gasteiger partial charge >= 0.3 is 0 Å². The number of aromatic nitrogens is 3. The lowest BCUT2D eigenvalue weighted by atomic mass is 10.2. The Morgan fingerprint density at radius 2 is 1.34 bits per heavy atom. The maximum absolute atomic E-state index is 5.21. The molecule has 0 fully saturated rings. The molecule has 1 heterocycles. The predicted molar refractivity (Wildman–Crippen MR) is 136 cm³/mol. The quantitative estimate of drug-likeness (QED) is 0.157. The number of halogens is 1. The van der Waals surface area contributed by atoms with E-state index < -0.39 is 0 Å². The molecule has 0 saturated heterocycles. The van der Waals surface area contributed by atoms with Crippen LogP contribution >= 0.6 is 22.6 Å². The number of anilines is 5. The second-order valence-corrected chi connectivity index (χ2v) is 7.70. The Bertz CT molecular complexity index is 1200. The van der Waals surface area contributed by atoms with Gasteiger partial charge in [0.05, 0.1) is 13.3 Å². The van der Waals surface area contributed by atoms with E-state index in [9.17, 15) is 0 Å². The van der Waals surface area contributed by atoms with Crippen molar-refractivity contribution in [1.82, 2.24) is 15.0 Å². The minimum absolute atomic E-state index is 0.302. The molecule has 0 bridgehead atoms. The summed E-state index contributed by atoms with van der Waals surface area (Å²) in [4.78, 5) is 13.3. The maximum Gasteiger partial charge on any atom is 0.250 e. The van der Waals surface area contributed by atoms with Crippen LogP contribution in [0.1, 0.15) is 5.56 Å². The van der Waals surface area contributed by atoms with Crippen LogP contribution in [0.4, 0.5) is 29.2 Å². The van der Waals surface area contributed by atoms with Gasteiger partial charge in [-0.05, 0) is 65.1 Å². The Balaban J connectivity index is 1.58. The molecule has 0 spiro atoms. The summed E-state index contributed by atoms with van der Waals surface area (Å²) in [5.41, 5.74) is 5.57. The number of rotatable bonds is 8. The summed E-state index contributed by atoms with van der Waals surface area (Å²) in [7, 11) is 1.63. The second kappa shape index (κ2) is 10.5. The number of ether oxygens (including phenoxy) is 1. The summed E-state index contributed by atoms with van der Waals surface area (Å²) < 4.78 is 6.30. The van der Waals surface area contributed by atoms with Gasteiger partial charge in [-0.25, -0.2) is 5.43 Å². The first-order chi connectivity index (χ1) is 15.7. The predicted octanol–water partition coefficient (Wildman–Crippen LogP) is 5.42. The summed E-state index contributed by atoms with van der Waals surface area (Å²) in [5.74, 6) is 1.83.